The van der Waals surface area contributed by atoms with Crippen LogP contribution in [0.5, 0.6) is 5.88 Å². The second-order valence-electron chi connectivity index (χ2n) is 3.04. The van der Waals surface area contributed by atoms with E-state index in [0.717, 1.165) is 0 Å². The molecule has 0 aliphatic heterocycles. The third kappa shape index (κ3) is 2.32. The maximum Gasteiger partial charge on any atom is 0.272 e. The van der Waals surface area contributed by atoms with Crippen molar-refractivity contribution in [3.8, 4) is 5.88 Å². The van der Waals surface area contributed by atoms with Crippen LogP contribution in [-0.2, 0) is 0 Å². The lowest BCUT2D eigenvalue weighted by Gasteiger charge is -2.05. The van der Waals surface area contributed by atoms with E-state index in [1.165, 1.54) is 0 Å². The molecule has 0 radical (unpaired) electrons. The molecule has 86 valence electrons. The summed E-state index contributed by atoms with van der Waals surface area (Å²) in [5.74, 6) is 0.413. The predicted molar refractivity (Wildman–Crippen MR) is 64.2 cm³/mol. The van der Waals surface area contributed by atoms with Gasteiger partial charge in [0.25, 0.3) is 5.56 Å². The number of halogens is 1. The van der Waals surface area contributed by atoms with Gasteiger partial charge in [-0.05, 0) is 12.1 Å². The number of rotatable bonds is 3. The molecule has 0 saturated heterocycles. The van der Waals surface area contributed by atoms with Crippen molar-refractivity contribution in [3.63, 3.8) is 0 Å². The molecule has 0 aliphatic carbocycles. The first-order chi connectivity index (χ1) is 7.33. The van der Waals surface area contributed by atoms with Gasteiger partial charge in [0.1, 0.15) is 6.61 Å². The molecular weight excluding hydrogens is 230 g/mol. The van der Waals surface area contributed by atoms with Crippen molar-refractivity contribution in [1.29, 1.82) is 0 Å². The molecule has 16 heavy (non-hydrogen) atoms. The summed E-state index contributed by atoms with van der Waals surface area (Å²) in [5.41, 5.74) is 5.11. The van der Waals surface area contributed by atoms with Gasteiger partial charge in [0.2, 0.25) is 5.88 Å². The van der Waals surface area contributed by atoms with Crippen LogP contribution in [-0.4, -0.2) is 23.3 Å². The molecule has 0 atom stereocenters. The van der Waals surface area contributed by atoms with E-state index in [-0.39, 0.29) is 18.0 Å². The number of ether oxygens (including phenoxy) is 1. The summed E-state index contributed by atoms with van der Waals surface area (Å²) in [6.07, 6.45) is 0. The highest BCUT2D eigenvalue weighted by Crippen LogP contribution is 2.18. The highest BCUT2D eigenvalue weighted by Gasteiger charge is 2.05. The average molecular weight is 242 g/mol. The molecule has 3 N–H and O–H groups in total. The largest absolute Gasteiger partial charge is 0.475 e. The van der Waals surface area contributed by atoms with Gasteiger partial charge in [-0.15, -0.1) is 17.5 Å². The van der Waals surface area contributed by atoms with Gasteiger partial charge in [0, 0.05) is 6.54 Å². The van der Waals surface area contributed by atoms with Crippen molar-refractivity contribution in [3.05, 3.63) is 34.6 Å². The molecule has 0 fully saturated rings. The van der Waals surface area contributed by atoms with E-state index in [1.54, 1.807) is 18.2 Å². The normalized spacial score (nSPS) is 9.81. The molecule has 0 saturated carbocycles. The summed E-state index contributed by atoms with van der Waals surface area (Å²) in [4.78, 5) is 11.4. The molecule has 0 bridgehead atoms. The third-order valence-electron chi connectivity index (χ3n) is 2.02. The summed E-state index contributed by atoms with van der Waals surface area (Å²) in [7, 11) is 0. The zero-order valence-electron chi connectivity index (χ0n) is 8.47. The molecule has 6 heteroatoms. The van der Waals surface area contributed by atoms with E-state index in [0.29, 0.717) is 29.8 Å². The van der Waals surface area contributed by atoms with Gasteiger partial charge < -0.3 is 10.5 Å². The molecule has 0 spiro atoms. The number of fused-ring (bicyclic) bond motifs is 1. The van der Waals surface area contributed by atoms with Crippen molar-refractivity contribution >= 4 is 23.2 Å². The lowest BCUT2D eigenvalue weighted by atomic mass is 10.2. The van der Waals surface area contributed by atoms with Crippen LogP contribution in [0.15, 0.2) is 29.1 Å². The molecule has 1 aromatic heterocycles. The average Bonchev–Trinajstić information content (AvgIpc) is 2.29. The van der Waals surface area contributed by atoms with Crippen LogP contribution in [0.25, 0.3) is 10.8 Å². The minimum Gasteiger partial charge on any atom is -0.475 e. The zero-order chi connectivity index (χ0) is 10.7. The minimum atomic E-state index is -0.217. The van der Waals surface area contributed by atoms with Gasteiger partial charge in [0.15, 0.2) is 0 Å². The Morgan fingerprint density at radius 3 is 2.69 bits per heavy atom. The monoisotopic (exact) mass is 241 g/mol. The van der Waals surface area contributed by atoms with Crippen LogP contribution in [0.4, 0.5) is 0 Å². The first kappa shape index (κ1) is 12.5. The Balaban J connectivity index is 0.00000128. The minimum absolute atomic E-state index is 0. The summed E-state index contributed by atoms with van der Waals surface area (Å²) in [6, 6.07) is 7.15. The molecule has 2 rings (SSSR count). The van der Waals surface area contributed by atoms with E-state index in [2.05, 4.69) is 10.2 Å². The van der Waals surface area contributed by atoms with E-state index in [9.17, 15) is 4.79 Å². The van der Waals surface area contributed by atoms with Gasteiger partial charge in [-0.3, -0.25) is 4.79 Å². The second-order valence-corrected chi connectivity index (χ2v) is 3.04. The standard InChI is InChI=1S/C10H11N3O2.ClH/c11-5-6-15-10-8-4-2-1-3-7(8)9(14)12-13-10;/h1-4H,5-6,11H2,(H,12,14);1H. The Morgan fingerprint density at radius 2 is 2.00 bits per heavy atom. The van der Waals surface area contributed by atoms with Crippen LogP contribution < -0.4 is 16.0 Å². The van der Waals surface area contributed by atoms with Crippen LogP contribution in [0.2, 0.25) is 0 Å². The van der Waals surface area contributed by atoms with Gasteiger partial charge in [-0.1, -0.05) is 12.1 Å². The summed E-state index contributed by atoms with van der Waals surface area (Å²) in [6.45, 7) is 0.790. The van der Waals surface area contributed by atoms with E-state index in [1.807, 2.05) is 6.07 Å². The van der Waals surface area contributed by atoms with Crippen LogP contribution in [0, 0.1) is 0 Å². The van der Waals surface area contributed by atoms with Crippen molar-refractivity contribution in [2.45, 2.75) is 0 Å². The van der Waals surface area contributed by atoms with E-state index >= 15 is 0 Å². The highest BCUT2D eigenvalue weighted by molar-refractivity contribution is 5.85. The Labute approximate surface area is 98.0 Å². The van der Waals surface area contributed by atoms with Gasteiger partial charge in [-0.25, -0.2) is 5.10 Å². The number of H-pyrrole nitrogens is 1. The highest BCUT2D eigenvalue weighted by atomic mass is 35.5. The topological polar surface area (TPSA) is 81.0 Å². The van der Waals surface area contributed by atoms with Crippen molar-refractivity contribution in [1.82, 2.24) is 10.2 Å². The second kappa shape index (κ2) is 5.48. The summed E-state index contributed by atoms with van der Waals surface area (Å²) < 4.78 is 5.32. The number of hydrogen-bond donors (Lipinski definition) is 2. The maximum atomic E-state index is 11.4. The molecule has 0 aliphatic rings. The number of nitrogens with two attached hydrogens (primary N) is 1. The fraction of sp³-hybridized carbons (Fsp3) is 0.200. The molecule has 2 aromatic rings. The smallest absolute Gasteiger partial charge is 0.272 e. The Kier molecular flexibility index (Phi) is 4.28. The summed E-state index contributed by atoms with van der Waals surface area (Å²) >= 11 is 0. The lowest BCUT2D eigenvalue weighted by Crippen LogP contribution is -2.14. The fourth-order valence-corrected chi connectivity index (χ4v) is 1.36. The number of benzene rings is 1. The zero-order valence-corrected chi connectivity index (χ0v) is 9.29. The fourth-order valence-electron chi connectivity index (χ4n) is 1.36. The molecule has 1 aromatic carbocycles. The predicted octanol–water partition coefficient (Wildman–Crippen LogP) is 0.682. The number of nitrogens with one attached hydrogen (secondary N) is 1. The van der Waals surface area contributed by atoms with Crippen LogP contribution >= 0.6 is 12.4 Å². The van der Waals surface area contributed by atoms with Gasteiger partial charge in [0.05, 0.1) is 10.8 Å². The SMILES string of the molecule is Cl.NCCOc1n[nH]c(=O)c2ccccc12. The van der Waals surface area contributed by atoms with Gasteiger partial charge in [-0.2, -0.15) is 0 Å². The molecule has 0 unspecified atom stereocenters. The van der Waals surface area contributed by atoms with Crippen molar-refractivity contribution in [2.24, 2.45) is 5.73 Å². The van der Waals surface area contributed by atoms with Gasteiger partial charge >= 0.3 is 0 Å². The maximum absolute atomic E-state index is 11.4. The Bertz CT molecular complexity index is 527. The Hall–Kier alpha value is -1.59. The summed E-state index contributed by atoms with van der Waals surface area (Å²) in [5, 5.41) is 7.48. The first-order valence-corrected chi connectivity index (χ1v) is 4.63. The van der Waals surface area contributed by atoms with Crippen LogP contribution in [0.3, 0.4) is 0 Å². The van der Waals surface area contributed by atoms with Crippen molar-refractivity contribution < 1.29 is 4.74 Å². The molecule has 5 nitrogen and oxygen atoms in total. The third-order valence-corrected chi connectivity index (χ3v) is 2.02. The van der Waals surface area contributed by atoms with Crippen LogP contribution in [0.1, 0.15) is 0 Å². The molecular formula is C10H12ClN3O2. The first-order valence-electron chi connectivity index (χ1n) is 4.63. The number of hydrogen-bond acceptors (Lipinski definition) is 4. The number of aromatic nitrogens is 2. The quantitative estimate of drug-likeness (QED) is 0.828. The lowest BCUT2D eigenvalue weighted by molar-refractivity contribution is 0.316. The van der Waals surface area contributed by atoms with E-state index < -0.39 is 0 Å². The molecule has 1 heterocycles. The number of aromatic amines is 1. The molecule has 0 amide bonds. The van der Waals surface area contributed by atoms with Crippen molar-refractivity contribution in [2.75, 3.05) is 13.2 Å². The van der Waals surface area contributed by atoms with E-state index in [4.69, 9.17) is 10.5 Å². The Morgan fingerprint density at radius 1 is 1.31 bits per heavy atom. The number of nitrogens with zero attached hydrogens (tertiary/aromatic N) is 1.